The maximum atomic E-state index is 13.5. The molecule has 1 heterocycles. The lowest BCUT2D eigenvalue weighted by Crippen LogP contribution is -2.58. The number of ether oxygens (including phenoxy) is 1. The van der Waals surface area contributed by atoms with E-state index < -0.39 is 10.0 Å². The van der Waals surface area contributed by atoms with E-state index in [9.17, 15) is 17.6 Å². The monoisotopic (exact) mass is 426 g/mol. The Kier molecular flexibility index (Phi) is 7.29. The van der Waals surface area contributed by atoms with Crippen LogP contribution in [0.5, 0.6) is 0 Å². The van der Waals surface area contributed by atoms with Crippen LogP contribution in [0.4, 0.5) is 4.39 Å². The van der Waals surface area contributed by atoms with Gasteiger partial charge in [-0.2, -0.15) is 0 Å². The van der Waals surface area contributed by atoms with Gasteiger partial charge in [-0.3, -0.25) is 4.79 Å². The zero-order valence-electron chi connectivity index (χ0n) is 17.1. The van der Waals surface area contributed by atoms with Crippen molar-refractivity contribution < 1.29 is 22.3 Å². The Hall–Kier alpha value is -1.51. The van der Waals surface area contributed by atoms with Crippen molar-refractivity contribution in [3.63, 3.8) is 0 Å². The number of carbonyl (C=O) groups excluding carboxylic acids is 1. The summed E-state index contributed by atoms with van der Waals surface area (Å²) >= 11 is 0. The first kappa shape index (κ1) is 22.2. The van der Waals surface area contributed by atoms with E-state index in [0.717, 1.165) is 43.9 Å². The summed E-state index contributed by atoms with van der Waals surface area (Å²) in [6.45, 7) is 2.46. The van der Waals surface area contributed by atoms with Crippen molar-refractivity contribution in [3.05, 3.63) is 35.6 Å². The molecule has 162 valence electrons. The summed E-state index contributed by atoms with van der Waals surface area (Å²) in [5.41, 5.74) is 1.04. The lowest BCUT2D eigenvalue weighted by atomic mass is 9.82. The Bertz CT molecular complexity index is 809. The molecule has 0 spiro atoms. The zero-order valence-corrected chi connectivity index (χ0v) is 18.0. The van der Waals surface area contributed by atoms with Crippen LogP contribution in [0.2, 0.25) is 0 Å². The third kappa shape index (κ3) is 6.23. The van der Waals surface area contributed by atoms with Gasteiger partial charge in [0, 0.05) is 19.5 Å². The molecule has 3 rings (SSSR count). The average Bonchev–Trinajstić information content (AvgIpc) is 2.66. The van der Waals surface area contributed by atoms with Gasteiger partial charge in [-0.1, -0.05) is 12.1 Å². The molecule has 2 fully saturated rings. The molecule has 1 aliphatic heterocycles. The molecule has 8 heteroatoms. The van der Waals surface area contributed by atoms with E-state index in [1.165, 1.54) is 13.0 Å². The topological polar surface area (TPSA) is 75.7 Å². The average molecular weight is 427 g/mol. The minimum absolute atomic E-state index is 0.0617. The summed E-state index contributed by atoms with van der Waals surface area (Å²) in [4.78, 5) is 13.8. The number of likely N-dealkylation sites (tertiary alicyclic amines) is 1. The van der Waals surface area contributed by atoms with E-state index in [1.54, 1.807) is 17.0 Å². The highest BCUT2D eigenvalue weighted by Crippen LogP contribution is 2.34. The van der Waals surface area contributed by atoms with Crippen LogP contribution in [0.25, 0.3) is 0 Å². The van der Waals surface area contributed by atoms with Gasteiger partial charge in [0.25, 0.3) is 0 Å². The molecule has 1 aromatic rings. The minimum Gasteiger partial charge on any atom is -0.376 e. The quantitative estimate of drug-likeness (QED) is 0.759. The molecule has 0 radical (unpaired) electrons. The summed E-state index contributed by atoms with van der Waals surface area (Å²) in [7, 11) is -3.36. The van der Waals surface area contributed by atoms with Crippen molar-refractivity contribution in [1.29, 1.82) is 0 Å². The van der Waals surface area contributed by atoms with Gasteiger partial charge in [-0.15, -0.1) is 0 Å². The standard InChI is InChI=1S/C21H31FN2O4S/c1-15(25)24-12-4-7-20(23-29(2,26)27)21(24)14-28-19-10-8-16(9-11-19)17-5-3-6-18(22)13-17/h3,5-6,13,16,19-21,23H,4,7-12,14H2,1-2H3/t16?,19?,20-,21-/m0/s1. The Morgan fingerprint density at radius 2 is 1.97 bits per heavy atom. The highest BCUT2D eigenvalue weighted by molar-refractivity contribution is 7.88. The highest BCUT2D eigenvalue weighted by Gasteiger charge is 2.35. The summed E-state index contributed by atoms with van der Waals surface area (Å²) in [6.07, 6.45) is 6.29. The Labute approximate surface area is 172 Å². The normalized spacial score (nSPS) is 28.3. The summed E-state index contributed by atoms with van der Waals surface area (Å²) < 4.78 is 45.8. The molecular formula is C21H31FN2O4S. The Morgan fingerprint density at radius 1 is 1.24 bits per heavy atom. The number of hydrogen-bond acceptors (Lipinski definition) is 4. The predicted octanol–water partition coefficient (Wildman–Crippen LogP) is 2.80. The second-order valence-electron chi connectivity index (χ2n) is 8.28. The summed E-state index contributed by atoms with van der Waals surface area (Å²) in [5.74, 6) is 0.0777. The van der Waals surface area contributed by atoms with Crippen molar-refractivity contribution in [3.8, 4) is 0 Å². The van der Waals surface area contributed by atoms with Crippen molar-refractivity contribution in [2.75, 3.05) is 19.4 Å². The van der Waals surface area contributed by atoms with Gasteiger partial charge in [0.1, 0.15) is 5.82 Å². The zero-order chi connectivity index (χ0) is 21.0. The van der Waals surface area contributed by atoms with Crippen LogP contribution in [0.1, 0.15) is 56.9 Å². The molecule has 1 aliphatic carbocycles. The molecule has 2 aliphatic rings. The molecule has 1 saturated heterocycles. The summed E-state index contributed by atoms with van der Waals surface area (Å²) in [5, 5.41) is 0. The number of rotatable bonds is 6. The van der Waals surface area contributed by atoms with E-state index in [-0.39, 0.29) is 29.9 Å². The number of benzene rings is 1. The third-order valence-corrected chi connectivity index (χ3v) is 6.78. The highest BCUT2D eigenvalue weighted by atomic mass is 32.2. The Balaban J connectivity index is 1.57. The van der Waals surface area contributed by atoms with E-state index in [4.69, 9.17) is 4.74 Å². The van der Waals surface area contributed by atoms with Crippen LogP contribution < -0.4 is 4.72 Å². The lowest BCUT2D eigenvalue weighted by Gasteiger charge is -2.41. The number of hydrogen-bond donors (Lipinski definition) is 1. The van der Waals surface area contributed by atoms with E-state index in [1.807, 2.05) is 6.07 Å². The van der Waals surface area contributed by atoms with Crippen LogP contribution in [0, 0.1) is 5.82 Å². The van der Waals surface area contributed by atoms with Gasteiger partial charge in [-0.25, -0.2) is 17.5 Å². The number of amides is 1. The predicted molar refractivity (Wildman–Crippen MR) is 110 cm³/mol. The fraction of sp³-hybridized carbons (Fsp3) is 0.667. The molecule has 1 amide bonds. The van der Waals surface area contributed by atoms with E-state index in [0.29, 0.717) is 25.5 Å². The molecule has 6 nitrogen and oxygen atoms in total. The molecule has 0 bridgehead atoms. The van der Waals surface area contributed by atoms with Crippen LogP contribution in [-0.2, 0) is 19.6 Å². The van der Waals surface area contributed by atoms with Crippen LogP contribution >= 0.6 is 0 Å². The first-order valence-corrected chi connectivity index (χ1v) is 12.2. The van der Waals surface area contributed by atoms with Crippen molar-refractivity contribution in [2.45, 2.75) is 69.6 Å². The Morgan fingerprint density at radius 3 is 2.59 bits per heavy atom. The lowest BCUT2D eigenvalue weighted by molar-refractivity contribution is -0.136. The molecule has 2 atom stereocenters. The van der Waals surface area contributed by atoms with Crippen molar-refractivity contribution in [1.82, 2.24) is 9.62 Å². The number of piperidine rings is 1. The second-order valence-corrected chi connectivity index (χ2v) is 10.1. The molecule has 29 heavy (non-hydrogen) atoms. The number of sulfonamides is 1. The van der Waals surface area contributed by atoms with Gasteiger partial charge < -0.3 is 9.64 Å². The fourth-order valence-corrected chi connectivity index (χ4v) is 5.45. The number of halogens is 1. The molecule has 0 aromatic heterocycles. The molecular weight excluding hydrogens is 395 g/mol. The molecule has 1 saturated carbocycles. The van der Waals surface area contributed by atoms with Crippen LogP contribution in [0.15, 0.2) is 24.3 Å². The molecule has 0 unspecified atom stereocenters. The van der Waals surface area contributed by atoms with Gasteiger partial charge in [0.15, 0.2) is 0 Å². The van der Waals surface area contributed by atoms with Crippen molar-refractivity contribution >= 4 is 15.9 Å². The minimum atomic E-state index is -3.36. The fourth-order valence-electron chi connectivity index (χ4n) is 4.62. The van der Waals surface area contributed by atoms with Gasteiger partial charge in [0.2, 0.25) is 15.9 Å². The van der Waals surface area contributed by atoms with Gasteiger partial charge in [-0.05, 0) is 62.1 Å². The van der Waals surface area contributed by atoms with Crippen LogP contribution in [-0.4, -0.2) is 56.8 Å². The smallest absolute Gasteiger partial charge is 0.219 e. The number of nitrogens with zero attached hydrogens (tertiary/aromatic N) is 1. The van der Waals surface area contributed by atoms with E-state index in [2.05, 4.69) is 4.72 Å². The van der Waals surface area contributed by atoms with E-state index >= 15 is 0 Å². The maximum Gasteiger partial charge on any atom is 0.219 e. The van der Waals surface area contributed by atoms with Crippen LogP contribution in [0.3, 0.4) is 0 Å². The second kappa shape index (κ2) is 9.53. The number of carbonyl (C=O) groups is 1. The number of nitrogens with one attached hydrogen (secondary N) is 1. The maximum absolute atomic E-state index is 13.5. The van der Waals surface area contributed by atoms with Crippen molar-refractivity contribution in [2.24, 2.45) is 0 Å². The van der Waals surface area contributed by atoms with Gasteiger partial charge >= 0.3 is 0 Å². The summed E-state index contributed by atoms with van der Waals surface area (Å²) in [6, 6.07) is 6.18. The molecule has 1 aromatic carbocycles. The third-order valence-electron chi connectivity index (χ3n) is 6.05. The molecule has 1 N–H and O–H groups in total. The van der Waals surface area contributed by atoms with Gasteiger partial charge in [0.05, 0.1) is 25.0 Å². The first-order valence-electron chi connectivity index (χ1n) is 10.3. The first-order chi connectivity index (χ1) is 13.7. The SMILES string of the molecule is CC(=O)N1CCC[C@H](NS(C)(=O)=O)[C@@H]1COC1CCC(c2cccc(F)c2)CC1. The largest absolute Gasteiger partial charge is 0.376 e.